The van der Waals surface area contributed by atoms with Crippen molar-refractivity contribution < 1.29 is 9.47 Å². The van der Waals surface area contributed by atoms with Crippen molar-refractivity contribution in [3.8, 4) is 5.75 Å². The van der Waals surface area contributed by atoms with E-state index in [-0.39, 0.29) is 12.2 Å². The van der Waals surface area contributed by atoms with E-state index in [0.717, 1.165) is 12.2 Å². The molecule has 100 valence electrons. The minimum atomic E-state index is 0.159. The van der Waals surface area contributed by atoms with Crippen LogP contribution in [0.25, 0.3) is 0 Å². The fraction of sp³-hybridized carbons (Fsp3) is 0.600. The van der Waals surface area contributed by atoms with Crippen LogP contribution in [0, 0.1) is 6.92 Å². The van der Waals surface area contributed by atoms with Crippen molar-refractivity contribution >= 4 is 15.9 Å². The predicted molar refractivity (Wildman–Crippen MR) is 77.8 cm³/mol. The number of methoxy groups -OCH3 is 1. The Morgan fingerprint density at radius 1 is 1.33 bits per heavy atom. The summed E-state index contributed by atoms with van der Waals surface area (Å²) < 4.78 is 11.5. The van der Waals surface area contributed by atoms with E-state index in [0.29, 0.717) is 10.7 Å². The highest BCUT2D eigenvalue weighted by Gasteiger charge is 2.41. The van der Waals surface area contributed by atoms with Crippen LogP contribution in [-0.4, -0.2) is 24.1 Å². The zero-order valence-electron chi connectivity index (χ0n) is 11.4. The fourth-order valence-corrected chi connectivity index (χ4v) is 3.13. The van der Waals surface area contributed by atoms with E-state index < -0.39 is 0 Å². The molecule has 0 heterocycles. The molecular formula is C15H21BrO2. The van der Waals surface area contributed by atoms with Gasteiger partial charge in [0.2, 0.25) is 0 Å². The maximum atomic E-state index is 6.09. The van der Waals surface area contributed by atoms with Crippen molar-refractivity contribution in [2.24, 2.45) is 0 Å². The first-order valence-corrected chi connectivity index (χ1v) is 7.38. The zero-order valence-corrected chi connectivity index (χ0v) is 13.0. The van der Waals surface area contributed by atoms with E-state index in [9.17, 15) is 0 Å². The van der Waals surface area contributed by atoms with Gasteiger partial charge in [-0.15, -0.1) is 0 Å². The molecule has 1 aromatic carbocycles. The van der Waals surface area contributed by atoms with E-state index >= 15 is 0 Å². The van der Waals surface area contributed by atoms with Crippen molar-refractivity contribution in [3.63, 3.8) is 0 Å². The number of benzene rings is 1. The Morgan fingerprint density at radius 3 is 2.61 bits per heavy atom. The molecule has 0 amide bonds. The van der Waals surface area contributed by atoms with Gasteiger partial charge in [-0.3, -0.25) is 0 Å². The number of ether oxygens (including phenoxy) is 2. The molecule has 2 rings (SSSR count). The van der Waals surface area contributed by atoms with Crippen LogP contribution in [0.5, 0.6) is 5.75 Å². The molecule has 0 aliphatic heterocycles. The summed E-state index contributed by atoms with van der Waals surface area (Å²) in [7, 11) is 1.74. The lowest BCUT2D eigenvalue weighted by Crippen LogP contribution is -2.51. The number of hydrogen-bond acceptors (Lipinski definition) is 2. The highest BCUT2D eigenvalue weighted by atomic mass is 79.9. The molecule has 0 aromatic heterocycles. The van der Waals surface area contributed by atoms with Crippen LogP contribution in [0.2, 0.25) is 0 Å². The molecule has 0 N–H and O–H groups in total. The van der Waals surface area contributed by atoms with Gasteiger partial charge in [0.25, 0.3) is 0 Å². The summed E-state index contributed by atoms with van der Waals surface area (Å²) in [5, 5.41) is 0. The van der Waals surface area contributed by atoms with Crippen molar-refractivity contribution in [2.75, 3.05) is 7.11 Å². The largest absolute Gasteiger partial charge is 0.487 e. The Kier molecular flexibility index (Phi) is 4.33. The van der Waals surface area contributed by atoms with Gasteiger partial charge < -0.3 is 9.47 Å². The van der Waals surface area contributed by atoms with E-state index in [2.05, 4.69) is 54.9 Å². The maximum absolute atomic E-state index is 6.09. The average Bonchev–Trinajstić information content (AvgIpc) is 2.31. The molecule has 1 aromatic rings. The van der Waals surface area contributed by atoms with Gasteiger partial charge in [-0.1, -0.05) is 41.9 Å². The minimum Gasteiger partial charge on any atom is -0.487 e. The second kappa shape index (κ2) is 5.62. The number of halogens is 1. The standard InChI is InChI=1S/C15H21BrO2/c1-9(2)11-6-5-10(3)13(7-11)18-14-8-12(16)15(14)17-4/h5-7,9,12,14-15H,8H2,1-4H3. The normalized spacial score (nSPS) is 27.1. The molecule has 3 heteroatoms. The summed E-state index contributed by atoms with van der Waals surface area (Å²) in [4.78, 5) is 0.418. The fourth-order valence-electron chi connectivity index (χ4n) is 2.21. The monoisotopic (exact) mass is 312 g/mol. The van der Waals surface area contributed by atoms with Gasteiger partial charge >= 0.3 is 0 Å². The number of aryl methyl sites for hydroxylation is 1. The van der Waals surface area contributed by atoms with Crippen molar-refractivity contribution in [1.29, 1.82) is 0 Å². The van der Waals surface area contributed by atoms with Gasteiger partial charge in [0.15, 0.2) is 0 Å². The van der Waals surface area contributed by atoms with Crippen molar-refractivity contribution in [2.45, 2.75) is 50.1 Å². The van der Waals surface area contributed by atoms with Crippen molar-refractivity contribution in [1.82, 2.24) is 0 Å². The van der Waals surface area contributed by atoms with Crippen LogP contribution in [0.1, 0.15) is 37.3 Å². The molecule has 1 aliphatic carbocycles. The molecule has 18 heavy (non-hydrogen) atoms. The van der Waals surface area contributed by atoms with Gasteiger partial charge in [0, 0.05) is 18.4 Å². The van der Waals surface area contributed by atoms with Crippen LogP contribution in [0.4, 0.5) is 0 Å². The molecule has 0 spiro atoms. The van der Waals surface area contributed by atoms with Gasteiger partial charge in [-0.25, -0.2) is 0 Å². The highest BCUT2D eigenvalue weighted by molar-refractivity contribution is 9.09. The third kappa shape index (κ3) is 2.72. The van der Waals surface area contributed by atoms with E-state index in [1.54, 1.807) is 7.11 Å². The Balaban J connectivity index is 2.11. The first-order valence-electron chi connectivity index (χ1n) is 6.47. The quantitative estimate of drug-likeness (QED) is 0.781. The topological polar surface area (TPSA) is 18.5 Å². The lowest BCUT2D eigenvalue weighted by Gasteiger charge is -2.40. The maximum Gasteiger partial charge on any atom is 0.127 e. The third-order valence-electron chi connectivity index (χ3n) is 3.61. The summed E-state index contributed by atoms with van der Waals surface area (Å²) in [6, 6.07) is 6.47. The molecule has 3 unspecified atom stereocenters. The highest BCUT2D eigenvalue weighted by Crippen LogP contribution is 2.35. The molecule has 1 saturated carbocycles. The van der Waals surface area contributed by atoms with Crippen LogP contribution >= 0.6 is 15.9 Å². The van der Waals surface area contributed by atoms with Crippen LogP contribution in [0.3, 0.4) is 0 Å². The Hall–Kier alpha value is -0.540. The number of hydrogen-bond donors (Lipinski definition) is 0. The smallest absolute Gasteiger partial charge is 0.127 e. The molecule has 0 saturated heterocycles. The summed E-state index contributed by atoms with van der Waals surface area (Å²) in [6.45, 7) is 6.49. The van der Waals surface area contributed by atoms with Crippen molar-refractivity contribution in [3.05, 3.63) is 29.3 Å². The summed E-state index contributed by atoms with van der Waals surface area (Å²) >= 11 is 3.59. The Morgan fingerprint density at radius 2 is 2.06 bits per heavy atom. The van der Waals surface area contributed by atoms with Crippen LogP contribution < -0.4 is 4.74 Å². The number of alkyl halides is 1. The molecule has 0 bridgehead atoms. The van der Waals surface area contributed by atoms with E-state index in [4.69, 9.17) is 9.47 Å². The zero-order chi connectivity index (χ0) is 13.3. The molecular weight excluding hydrogens is 292 g/mol. The summed E-state index contributed by atoms with van der Waals surface area (Å²) in [6.07, 6.45) is 1.33. The van der Waals surface area contributed by atoms with Crippen LogP contribution in [0.15, 0.2) is 18.2 Å². The number of rotatable bonds is 4. The van der Waals surface area contributed by atoms with Gasteiger partial charge in [-0.2, -0.15) is 0 Å². The molecule has 1 fully saturated rings. The molecule has 0 radical (unpaired) electrons. The molecule has 1 aliphatic rings. The lowest BCUT2D eigenvalue weighted by atomic mass is 9.91. The second-order valence-electron chi connectivity index (χ2n) is 5.29. The van der Waals surface area contributed by atoms with Crippen LogP contribution in [-0.2, 0) is 4.74 Å². The summed E-state index contributed by atoms with van der Waals surface area (Å²) in [5.74, 6) is 1.52. The minimum absolute atomic E-state index is 0.159. The Labute approximate surface area is 118 Å². The summed E-state index contributed by atoms with van der Waals surface area (Å²) in [5.41, 5.74) is 2.51. The van der Waals surface area contributed by atoms with Gasteiger partial charge in [0.1, 0.15) is 18.0 Å². The van der Waals surface area contributed by atoms with E-state index in [1.807, 2.05) is 0 Å². The molecule has 2 nitrogen and oxygen atoms in total. The third-order valence-corrected chi connectivity index (χ3v) is 4.50. The first kappa shape index (κ1) is 13.9. The van der Waals surface area contributed by atoms with Gasteiger partial charge in [0.05, 0.1) is 0 Å². The first-order chi connectivity index (χ1) is 8.52. The average molecular weight is 313 g/mol. The lowest BCUT2D eigenvalue weighted by molar-refractivity contribution is -0.0547. The SMILES string of the molecule is COC1C(Br)CC1Oc1cc(C(C)C)ccc1C. The predicted octanol–water partition coefficient (Wildman–Crippen LogP) is 4.05. The van der Waals surface area contributed by atoms with E-state index in [1.165, 1.54) is 11.1 Å². The molecule has 3 atom stereocenters. The Bertz CT molecular complexity index is 417. The second-order valence-corrected chi connectivity index (χ2v) is 6.46. The van der Waals surface area contributed by atoms with Gasteiger partial charge in [-0.05, 0) is 30.0 Å².